The summed E-state index contributed by atoms with van der Waals surface area (Å²) in [5, 5.41) is 16.4. The van der Waals surface area contributed by atoms with Gasteiger partial charge >= 0.3 is 0 Å². The van der Waals surface area contributed by atoms with Gasteiger partial charge in [-0.2, -0.15) is 5.10 Å². The second kappa shape index (κ2) is 5.12. The van der Waals surface area contributed by atoms with Gasteiger partial charge < -0.3 is 20.9 Å². The summed E-state index contributed by atoms with van der Waals surface area (Å²) in [5.74, 6) is 0.229. The smallest absolute Gasteiger partial charge is 0.257 e. The largest absolute Gasteiger partial charge is 0.504 e. The summed E-state index contributed by atoms with van der Waals surface area (Å²) in [6.07, 6.45) is 0. The van der Waals surface area contributed by atoms with E-state index in [-0.39, 0.29) is 5.75 Å². The first kappa shape index (κ1) is 13.7. The van der Waals surface area contributed by atoms with Gasteiger partial charge in [0.15, 0.2) is 17.3 Å². The molecule has 0 bridgehead atoms. The summed E-state index contributed by atoms with van der Waals surface area (Å²) < 4.78 is 6.42. The molecule has 1 heterocycles. The van der Waals surface area contributed by atoms with Crippen molar-refractivity contribution in [2.45, 2.75) is 6.92 Å². The number of nitrogens with one attached hydrogen (secondary N) is 1. The zero-order chi connectivity index (χ0) is 14.9. The van der Waals surface area contributed by atoms with Crippen LogP contribution < -0.4 is 15.8 Å². The highest BCUT2D eigenvalue weighted by Crippen LogP contribution is 2.27. The van der Waals surface area contributed by atoms with Crippen molar-refractivity contribution in [3.63, 3.8) is 0 Å². The summed E-state index contributed by atoms with van der Waals surface area (Å²) in [7, 11) is 3.12. The number of nitrogens with zero attached hydrogens (tertiary/aromatic N) is 2. The van der Waals surface area contributed by atoms with Crippen LogP contribution in [-0.4, -0.2) is 27.9 Å². The van der Waals surface area contributed by atoms with E-state index in [0.717, 1.165) is 0 Å². The van der Waals surface area contributed by atoms with Crippen LogP contribution in [0.15, 0.2) is 18.2 Å². The molecule has 0 fully saturated rings. The van der Waals surface area contributed by atoms with E-state index < -0.39 is 5.91 Å². The molecule has 0 aliphatic heterocycles. The predicted molar refractivity (Wildman–Crippen MR) is 75.0 cm³/mol. The number of nitrogens with two attached hydrogens (primary N) is 1. The van der Waals surface area contributed by atoms with E-state index in [9.17, 15) is 9.90 Å². The number of amides is 1. The molecule has 0 atom stereocenters. The third-order valence-corrected chi connectivity index (χ3v) is 2.94. The molecule has 20 heavy (non-hydrogen) atoms. The quantitative estimate of drug-likeness (QED) is 0.783. The van der Waals surface area contributed by atoms with Crippen LogP contribution in [0.2, 0.25) is 0 Å². The molecular weight excluding hydrogens is 260 g/mol. The van der Waals surface area contributed by atoms with Gasteiger partial charge in [-0.15, -0.1) is 0 Å². The predicted octanol–water partition coefficient (Wildman–Crippen LogP) is 1.28. The zero-order valence-corrected chi connectivity index (χ0v) is 11.5. The highest BCUT2D eigenvalue weighted by molar-refractivity contribution is 6.05. The Balaban J connectivity index is 2.26. The maximum Gasteiger partial charge on any atom is 0.257 e. The van der Waals surface area contributed by atoms with Crippen molar-refractivity contribution in [1.82, 2.24) is 9.78 Å². The molecule has 7 nitrogen and oxygen atoms in total. The molecule has 106 valence electrons. The number of hydrogen-bond donors (Lipinski definition) is 3. The fourth-order valence-electron chi connectivity index (χ4n) is 1.83. The van der Waals surface area contributed by atoms with Gasteiger partial charge in [0, 0.05) is 12.6 Å². The second-order valence-corrected chi connectivity index (χ2v) is 4.31. The Bertz CT molecular complexity index is 664. The van der Waals surface area contributed by atoms with E-state index in [1.807, 2.05) is 0 Å². The average Bonchev–Trinajstić information content (AvgIpc) is 2.65. The van der Waals surface area contributed by atoms with Crippen LogP contribution in [0.1, 0.15) is 16.1 Å². The van der Waals surface area contributed by atoms with Gasteiger partial charge in [-0.05, 0) is 25.1 Å². The Morgan fingerprint density at radius 1 is 1.50 bits per heavy atom. The maximum absolute atomic E-state index is 12.1. The van der Waals surface area contributed by atoms with Crippen molar-refractivity contribution in [2.24, 2.45) is 7.05 Å². The normalized spacial score (nSPS) is 10.3. The number of methoxy groups -OCH3 is 1. The minimum atomic E-state index is -0.391. The number of aromatic nitrogens is 2. The highest BCUT2D eigenvalue weighted by atomic mass is 16.5. The van der Waals surface area contributed by atoms with Crippen LogP contribution in [0.5, 0.6) is 11.5 Å². The average molecular weight is 276 g/mol. The summed E-state index contributed by atoms with van der Waals surface area (Å²) in [6.45, 7) is 1.75. The van der Waals surface area contributed by atoms with Crippen LogP contribution >= 0.6 is 0 Å². The number of benzene rings is 1. The first-order valence-electron chi connectivity index (χ1n) is 5.91. The molecule has 1 aromatic heterocycles. The van der Waals surface area contributed by atoms with Gasteiger partial charge in [0.2, 0.25) is 0 Å². The SMILES string of the molecule is COc1ccc(C(=O)Nc2c(N)c(C)nn2C)cc1O. The number of phenolic OH excluding ortho intramolecular Hbond substituents is 1. The summed E-state index contributed by atoms with van der Waals surface area (Å²) >= 11 is 0. The fourth-order valence-corrected chi connectivity index (χ4v) is 1.83. The van der Waals surface area contributed by atoms with Crippen molar-refractivity contribution < 1.29 is 14.6 Å². The fraction of sp³-hybridized carbons (Fsp3) is 0.231. The van der Waals surface area contributed by atoms with Crippen molar-refractivity contribution >= 4 is 17.4 Å². The number of aromatic hydroxyl groups is 1. The Labute approximate surface area is 116 Å². The standard InChI is InChI=1S/C13H16N4O3/c1-7-11(14)12(17(2)16-7)15-13(19)8-4-5-10(20-3)9(18)6-8/h4-6,18H,14H2,1-3H3,(H,15,19). The number of aryl methyl sites for hydroxylation is 2. The van der Waals surface area contributed by atoms with Crippen LogP contribution in [0, 0.1) is 6.92 Å². The van der Waals surface area contributed by atoms with E-state index in [2.05, 4.69) is 10.4 Å². The summed E-state index contributed by atoms with van der Waals surface area (Å²) in [5.41, 5.74) is 7.19. The lowest BCUT2D eigenvalue weighted by Gasteiger charge is -2.08. The number of carbonyl (C=O) groups excluding carboxylic acids is 1. The number of rotatable bonds is 3. The Morgan fingerprint density at radius 3 is 2.70 bits per heavy atom. The molecule has 2 aromatic rings. The Kier molecular flexibility index (Phi) is 3.51. The van der Waals surface area contributed by atoms with Gasteiger partial charge in [-0.3, -0.25) is 9.48 Å². The molecular formula is C13H16N4O3. The van der Waals surface area contributed by atoms with Gasteiger partial charge in [-0.1, -0.05) is 0 Å². The van der Waals surface area contributed by atoms with Crippen LogP contribution in [0.4, 0.5) is 11.5 Å². The lowest BCUT2D eigenvalue weighted by Crippen LogP contribution is -2.15. The number of nitrogen functional groups attached to an aromatic ring is 1. The zero-order valence-electron chi connectivity index (χ0n) is 11.5. The van der Waals surface area contributed by atoms with Crippen LogP contribution in [0.3, 0.4) is 0 Å². The molecule has 0 saturated heterocycles. The lowest BCUT2D eigenvalue weighted by atomic mass is 10.2. The van der Waals surface area contributed by atoms with E-state index in [4.69, 9.17) is 10.5 Å². The van der Waals surface area contributed by atoms with Gasteiger partial charge in [-0.25, -0.2) is 0 Å². The minimum Gasteiger partial charge on any atom is -0.504 e. The van der Waals surface area contributed by atoms with Crippen molar-refractivity contribution in [1.29, 1.82) is 0 Å². The number of carbonyl (C=O) groups is 1. The molecule has 7 heteroatoms. The molecule has 0 unspecified atom stereocenters. The Hall–Kier alpha value is -2.70. The topological polar surface area (TPSA) is 102 Å². The van der Waals surface area contributed by atoms with Crippen molar-refractivity contribution in [3.05, 3.63) is 29.5 Å². The maximum atomic E-state index is 12.1. The first-order valence-corrected chi connectivity index (χ1v) is 5.91. The van der Waals surface area contributed by atoms with E-state index >= 15 is 0 Å². The summed E-state index contributed by atoms with van der Waals surface area (Å²) in [4.78, 5) is 12.1. The molecule has 1 amide bonds. The number of phenols is 1. The molecule has 4 N–H and O–H groups in total. The molecule has 2 rings (SSSR count). The Morgan fingerprint density at radius 2 is 2.20 bits per heavy atom. The van der Waals surface area contributed by atoms with Crippen molar-refractivity contribution in [3.8, 4) is 11.5 Å². The number of ether oxygens (including phenoxy) is 1. The molecule has 0 spiro atoms. The first-order chi connectivity index (χ1) is 9.43. The molecule has 0 saturated carbocycles. The molecule has 1 aromatic carbocycles. The third-order valence-electron chi connectivity index (χ3n) is 2.94. The van der Waals surface area contributed by atoms with Crippen LogP contribution in [-0.2, 0) is 7.05 Å². The van der Waals surface area contributed by atoms with Crippen LogP contribution in [0.25, 0.3) is 0 Å². The molecule has 0 radical (unpaired) electrons. The lowest BCUT2D eigenvalue weighted by molar-refractivity contribution is 0.102. The number of hydrogen-bond acceptors (Lipinski definition) is 5. The monoisotopic (exact) mass is 276 g/mol. The van der Waals surface area contributed by atoms with Gasteiger partial charge in [0.25, 0.3) is 5.91 Å². The van der Waals surface area contributed by atoms with E-state index in [1.165, 1.54) is 23.9 Å². The van der Waals surface area contributed by atoms with Crippen molar-refractivity contribution in [2.75, 3.05) is 18.2 Å². The third kappa shape index (κ3) is 2.37. The highest BCUT2D eigenvalue weighted by Gasteiger charge is 2.15. The van der Waals surface area contributed by atoms with E-state index in [0.29, 0.717) is 28.5 Å². The van der Waals surface area contributed by atoms with Gasteiger partial charge in [0.05, 0.1) is 18.5 Å². The molecule has 0 aliphatic rings. The summed E-state index contributed by atoms with van der Waals surface area (Å²) in [6, 6.07) is 4.39. The molecule has 0 aliphatic carbocycles. The van der Waals surface area contributed by atoms with Gasteiger partial charge in [0.1, 0.15) is 0 Å². The number of anilines is 2. The van der Waals surface area contributed by atoms with E-state index in [1.54, 1.807) is 20.0 Å². The minimum absolute atomic E-state index is 0.102. The second-order valence-electron chi connectivity index (χ2n) is 4.31.